The second-order valence-corrected chi connectivity index (χ2v) is 4.60. The number of benzene rings is 1. The third-order valence-electron chi connectivity index (χ3n) is 3.02. The molecule has 1 rings (SSSR count). The summed E-state index contributed by atoms with van der Waals surface area (Å²) in [5, 5.41) is 19.9. The molecule has 0 heterocycles. The highest BCUT2D eigenvalue weighted by Gasteiger charge is 2.21. The van der Waals surface area contributed by atoms with Crippen molar-refractivity contribution < 1.29 is 24.6 Å². The number of carboxylic acid groups (broad SMARTS) is 2. The first kappa shape index (κ1) is 15.7. The molecule has 0 aliphatic carbocycles. The lowest BCUT2D eigenvalue weighted by atomic mass is 10.1. The summed E-state index contributed by atoms with van der Waals surface area (Å²) in [5.41, 5.74) is 2.31. The maximum atomic E-state index is 11.9. The predicted octanol–water partition coefficient (Wildman–Crippen LogP) is 1.35. The zero-order valence-corrected chi connectivity index (χ0v) is 11.3. The van der Waals surface area contributed by atoms with Gasteiger partial charge in [0.15, 0.2) is 0 Å². The van der Waals surface area contributed by atoms with Crippen LogP contribution in [-0.4, -0.2) is 34.1 Å². The van der Waals surface area contributed by atoms with Gasteiger partial charge in [0.2, 0.25) is 0 Å². The summed E-state index contributed by atoms with van der Waals surface area (Å²) in [5.74, 6) is -2.87. The fourth-order valence-corrected chi connectivity index (χ4v) is 1.65. The molecule has 1 aromatic rings. The van der Waals surface area contributed by atoms with Gasteiger partial charge in [-0.15, -0.1) is 0 Å². The number of nitrogens with one attached hydrogen (secondary N) is 1. The first-order valence-electron chi connectivity index (χ1n) is 6.14. The average Bonchev–Trinajstić information content (AvgIpc) is 2.36. The van der Waals surface area contributed by atoms with Gasteiger partial charge in [0, 0.05) is 12.0 Å². The minimum Gasteiger partial charge on any atom is -0.481 e. The summed E-state index contributed by atoms with van der Waals surface area (Å²) in [6.07, 6.45) is -0.467. The lowest BCUT2D eigenvalue weighted by Crippen LogP contribution is -2.41. The summed E-state index contributed by atoms with van der Waals surface area (Å²) >= 11 is 0. The van der Waals surface area contributed by atoms with Gasteiger partial charge in [0.05, 0.1) is 0 Å². The zero-order valence-electron chi connectivity index (χ0n) is 11.3. The van der Waals surface area contributed by atoms with Gasteiger partial charge >= 0.3 is 11.9 Å². The molecular formula is C14H17NO5. The number of amides is 1. The van der Waals surface area contributed by atoms with E-state index in [-0.39, 0.29) is 12.8 Å². The first-order valence-corrected chi connectivity index (χ1v) is 6.14. The number of aliphatic carboxylic acids is 2. The molecule has 0 spiro atoms. The quantitative estimate of drug-likeness (QED) is 0.729. The van der Waals surface area contributed by atoms with Gasteiger partial charge in [-0.1, -0.05) is 6.07 Å². The minimum atomic E-state index is -1.25. The van der Waals surface area contributed by atoms with Crippen molar-refractivity contribution in [3.8, 4) is 0 Å². The van der Waals surface area contributed by atoms with Crippen LogP contribution in [0.4, 0.5) is 0 Å². The molecule has 1 aromatic carbocycles. The van der Waals surface area contributed by atoms with Crippen LogP contribution in [0.3, 0.4) is 0 Å². The number of hydrogen-bond donors (Lipinski definition) is 3. The normalized spacial score (nSPS) is 11.7. The molecule has 0 saturated heterocycles. The van der Waals surface area contributed by atoms with Crippen molar-refractivity contribution in [2.45, 2.75) is 32.7 Å². The van der Waals surface area contributed by atoms with E-state index in [1.165, 1.54) is 0 Å². The Kier molecular flexibility index (Phi) is 5.25. The Morgan fingerprint density at radius 2 is 1.80 bits per heavy atom. The summed E-state index contributed by atoms with van der Waals surface area (Å²) < 4.78 is 0. The van der Waals surface area contributed by atoms with E-state index in [0.717, 1.165) is 11.1 Å². The lowest BCUT2D eigenvalue weighted by molar-refractivity contribution is -0.140. The highest BCUT2D eigenvalue weighted by atomic mass is 16.4. The number of hydrogen-bond acceptors (Lipinski definition) is 3. The molecule has 20 heavy (non-hydrogen) atoms. The second-order valence-electron chi connectivity index (χ2n) is 4.60. The van der Waals surface area contributed by atoms with Crippen molar-refractivity contribution in [3.63, 3.8) is 0 Å². The third kappa shape index (κ3) is 4.38. The molecule has 0 aromatic heterocycles. The van der Waals surface area contributed by atoms with Gasteiger partial charge in [-0.2, -0.15) is 0 Å². The molecular weight excluding hydrogens is 262 g/mol. The van der Waals surface area contributed by atoms with Crippen molar-refractivity contribution >= 4 is 17.8 Å². The van der Waals surface area contributed by atoms with Crippen LogP contribution in [0.1, 0.15) is 34.3 Å². The minimum absolute atomic E-state index is 0.152. The smallest absolute Gasteiger partial charge is 0.326 e. The van der Waals surface area contributed by atoms with Crippen LogP contribution in [0, 0.1) is 13.8 Å². The van der Waals surface area contributed by atoms with Crippen LogP contribution in [0.5, 0.6) is 0 Å². The highest BCUT2D eigenvalue weighted by Crippen LogP contribution is 2.10. The zero-order chi connectivity index (χ0) is 15.3. The fraction of sp³-hybridized carbons (Fsp3) is 0.357. The Labute approximate surface area is 116 Å². The van der Waals surface area contributed by atoms with Crippen LogP contribution in [0.2, 0.25) is 0 Å². The maximum Gasteiger partial charge on any atom is 0.326 e. The van der Waals surface area contributed by atoms with E-state index >= 15 is 0 Å². The number of carbonyl (C=O) groups is 3. The van der Waals surface area contributed by atoms with E-state index in [1.807, 2.05) is 13.8 Å². The van der Waals surface area contributed by atoms with Crippen molar-refractivity contribution in [1.82, 2.24) is 5.32 Å². The number of carboxylic acids is 2. The van der Waals surface area contributed by atoms with Crippen molar-refractivity contribution in [1.29, 1.82) is 0 Å². The van der Waals surface area contributed by atoms with Gasteiger partial charge in [-0.25, -0.2) is 4.79 Å². The van der Waals surface area contributed by atoms with Crippen LogP contribution in [-0.2, 0) is 9.59 Å². The lowest BCUT2D eigenvalue weighted by Gasteiger charge is -2.14. The molecule has 6 nitrogen and oxygen atoms in total. The molecule has 0 fully saturated rings. The molecule has 0 aliphatic rings. The van der Waals surface area contributed by atoms with E-state index in [1.54, 1.807) is 18.2 Å². The van der Waals surface area contributed by atoms with E-state index in [0.29, 0.717) is 5.56 Å². The molecule has 0 bridgehead atoms. The highest BCUT2D eigenvalue weighted by molar-refractivity contribution is 5.96. The van der Waals surface area contributed by atoms with Gasteiger partial charge in [-0.05, 0) is 43.5 Å². The van der Waals surface area contributed by atoms with Gasteiger partial charge in [0.1, 0.15) is 6.04 Å². The Bertz CT molecular complexity index is 538. The fourth-order valence-electron chi connectivity index (χ4n) is 1.65. The number of aryl methyl sites for hydroxylation is 2. The summed E-state index contributed by atoms with van der Waals surface area (Å²) in [7, 11) is 0. The molecule has 0 radical (unpaired) electrons. The molecule has 0 saturated carbocycles. The van der Waals surface area contributed by atoms with Gasteiger partial charge in [0.25, 0.3) is 5.91 Å². The number of rotatable bonds is 6. The van der Waals surface area contributed by atoms with Crippen molar-refractivity contribution in [2.75, 3.05) is 0 Å². The summed E-state index contributed by atoms with van der Waals surface area (Å²) in [6, 6.07) is 3.84. The standard InChI is InChI=1S/C14H17NO5/c1-8-3-4-10(7-9(8)2)13(18)15-11(14(19)20)5-6-12(16)17/h3-4,7,11H,5-6H2,1-2H3,(H,15,18)(H,16,17)(H,19,20). The number of carbonyl (C=O) groups excluding carboxylic acids is 1. The monoisotopic (exact) mass is 279 g/mol. The Morgan fingerprint density at radius 1 is 1.15 bits per heavy atom. The molecule has 108 valence electrons. The Hall–Kier alpha value is -2.37. The first-order chi connectivity index (χ1) is 9.31. The SMILES string of the molecule is Cc1ccc(C(=O)NC(CCC(=O)O)C(=O)O)cc1C. The van der Waals surface area contributed by atoms with Crippen LogP contribution >= 0.6 is 0 Å². The van der Waals surface area contributed by atoms with Crippen LogP contribution < -0.4 is 5.32 Å². The van der Waals surface area contributed by atoms with Crippen molar-refractivity contribution in [3.05, 3.63) is 34.9 Å². The third-order valence-corrected chi connectivity index (χ3v) is 3.02. The second kappa shape index (κ2) is 6.70. The van der Waals surface area contributed by atoms with E-state index in [4.69, 9.17) is 10.2 Å². The molecule has 6 heteroatoms. The summed E-state index contributed by atoms with van der Waals surface area (Å²) in [4.78, 5) is 33.4. The molecule has 1 amide bonds. The van der Waals surface area contributed by atoms with Crippen molar-refractivity contribution in [2.24, 2.45) is 0 Å². The molecule has 3 N–H and O–H groups in total. The largest absolute Gasteiger partial charge is 0.481 e. The summed E-state index contributed by atoms with van der Waals surface area (Å²) in [6.45, 7) is 3.76. The topological polar surface area (TPSA) is 104 Å². The molecule has 1 atom stereocenters. The Morgan fingerprint density at radius 3 is 2.30 bits per heavy atom. The molecule has 1 unspecified atom stereocenters. The van der Waals surface area contributed by atoms with E-state index in [9.17, 15) is 14.4 Å². The van der Waals surface area contributed by atoms with Crippen LogP contribution in [0.25, 0.3) is 0 Å². The molecule has 0 aliphatic heterocycles. The van der Waals surface area contributed by atoms with E-state index in [2.05, 4.69) is 5.32 Å². The van der Waals surface area contributed by atoms with E-state index < -0.39 is 23.9 Å². The van der Waals surface area contributed by atoms with Gasteiger partial charge in [-0.3, -0.25) is 9.59 Å². The van der Waals surface area contributed by atoms with Gasteiger partial charge < -0.3 is 15.5 Å². The Balaban J connectivity index is 2.77. The maximum absolute atomic E-state index is 11.9. The van der Waals surface area contributed by atoms with Crippen LogP contribution in [0.15, 0.2) is 18.2 Å². The predicted molar refractivity (Wildman–Crippen MR) is 71.7 cm³/mol. The average molecular weight is 279 g/mol.